The number of methoxy groups -OCH3 is 2. The molecule has 0 saturated carbocycles. The Balaban J connectivity index is 2.52. The molecule has 0 amide bonds. The quantitative estimate of drug-likeness (QED) is 0.846. The standard InChI is InChI=1S/C18H20O5/c1-10(2)5-6-12(19)11-9-13(20)16-14(22-3)7-8-15(23-4)17(16)18(11)21/h5,7-9,12,19H,6H2,1-4H3/t12-/m0/s1. The molecule has 1 aliphatic carbocycles. The highest BCUT2D eigenvalue weighted by atomic mass is 16.5. The fourth-order valence-corrected chi connectivity index (χ4v) is 2.52. The predicted octanol–water partition coefficient (Wildman–Crippen LogP) is 2.73. The summed E-state index contributed by atoms with van der Waals surface area (Å²) < 4.78 is 10.4. The molecule has 0 saturated heterocycles. The van der Waals surface area contributed by atoms with Gasteiger partial charge in [0.05, 0.1) is 31.5 Å². The molecule has 5 nitrogen and oxygen atoms in total. The fourth-order valence-electron chi connectivity index (χ4n) is 2.52. The Hall–Kier alpha value is -2.40. The average molecular weight is 316 g/mol. The van der Waals surface area contributed by atoms with Crippen molar-refractivity contribution in [1.29, 1.82) is 0 Å². The van der Waals surface area contributed by atoms with Gasteiger partial charge in [0.25, 0.3) is 0 Å². The fraction of sp³-hybridized carbons (Fsp3) is 0.333. The number of carbonyl (C=O) groups is 2. The number of benzene rings is 1. The number of fused-ring (bicyclic) bond motifs is 1. The number of rotatable bonds is 5. The number of ether oxygens (including phenoxy) is 2. The molecule has 0 spiro atoms. The summed E-state index contributed by atoms with van der Waals surface area (Å²) in [5.41, 5.74) is 1.42. The third-order valence-electron chi connectivity index (χ3n) is 3.70. The molecule has 0 unspecified atom stereocenters. The lowest BCUT2D eigenvalue weighted by atomic mass is 9.85. The van der Waals surface area contributed by atoms with Crippen LogP contribution in [-0.2, 0) is 0 Å². The van der Waals surface area contributed by atoms with Crippen molar-refractivity contribution in [2.24, 2.45) is 0 Å². The van der Waals surface area contributed by atoms with E-state index in [4.69, 9.17) is 9.47 Å². The number of aliphatic hydroxyl groups is 1. The molecule has 0 fully saturated rings. The van der Waals surface area contributed by atoms with Crippen molar-refractivity contribution in [1.82, 2.24) is 0 Å². The van der Waals surface area contributed by atoms with Crippen LogP contribution in [0.5, 0.6) is 11.5 Å². The largest absolute Gasteiger partial charge is 0.496 e. The van der Waals surface area contributed by atoms with E-state index < -0.39 is 11.9 Å². The Morgan fingerprint density at radius 2 is 1.70 bits per heavy atom. The van der Waals surface area contributed by atoms with E-state index in [1.165, 1.54) is 20.3 Å². The van der Waals surface area contributed by atoms with Crippen molar-refractivity contribution in [2.45, 2.75) is 26.4 Å². The molecule has 23 heavy (non-hydrogen) atoms. The lowest BCUT2D eigenvalue weighted by molar-refractivity contribution is 0.0943. The first-order valence-corrected chi connectivity index (χ1v) is 7.27. The van der Waals surface area contributed by atoms with E-state index in [0.29, 0.717) is 11.5 Å². The molecule has 0 aromatic heterocycles. The van der Waals surface area contributed by atoms with Crippen LogP contribution in [0.4, 0.5) is 0 Å². The SMILES string of the molecule is COc1ccc(OC)c2c1C(=O)C=C([C@@H](O)CC=C(C)C)C2=O. The van der Waals surface area contributed by atoms with E-state index in [1.807, 2.05) is 19.9 Å². The van der Waals surface area contributed by atoms with Gasteiger partial charge in [-0.2, -0.15) is 0 Å². The van der Waals surface area contributed by atoms with Crippen LogP contribution in [0.15, 0.2) is 35.4 Å². The minimum absolute atomic E-state index is 0.0755. The Morgan fingerprint density at radius 3 is 2.22 bits per heavy atom. The van der Waals surface area contributed by atoms with Crippen LogP contribution in [0, 0.1) is 0 Å². The van der Waals surface area contributed by atoms with Crippen LogP contribution in [-0.4, -0.2) is 37.0 Å². The number of hydrogen-bond donors (Lipinski definition) is 1. The average Bonchev–Trinajstić information content (AvgIpc) is 2.54. The second-order valence-electron chi connectivity index (χ2n) is 5.55. The number of carbonyl (C=O) groups excluding carboxylic acids is 2. The summed E-state index contributed by atoms with van der Waals surface area (Å²) in [6.45, 7) is 3.80. The Kier molecular flexibility index (Phi) is 5.01. The van der Waals surface area contributed by atoms with Crippen LogP contribution in [0.1, 0.15) is 41.0 Å². The van der Waals surface area contributed by atoms with Crippen molar-refractivity contribution in [3.8, 4) is 11.5 Å². The summed E-state index contributed by atoms with van der Waals surface area (Å²) in [5, 5.41) is 10.3. The topological polar surface area (TPSA) is 72.8 Å². The molecule has 2 rings (SSSR count). The number of Topliss-reactive ketones (excluding diaryl/α,β-unsaturated/α-hetero) is 1. The molecule has 1 atom stereocenters. The second-order valence-corrected chi connectivity index (χ2v) is 5.55. The van der Waals surface area contributed by atoms with Gasteiger partial charge in [-0.1, -0.05) is 11.6 Å². The maximum Gasteiger partial charge on any atom is 0.196 e. The third-order valence-corrected chi connectivity index (χ3v) is 3.70. The zero-order valence-electron chi connectivity index (χ0n) is 13.7. The van der Waals surface area contributed by atoms with E-state index in [9.17, 15) is 14.7 Å². The third kappa shape index (κ3) is 3.19. The van der Waals surface area contributed by atoms with Crippen LogP contribution in [0.25, 0.3) is 0 Å². The smallest absolute Gasteiger partial charge is 0.196 e. The highest BCUT2D eigenvalue weighted by Crippen LogP contribution is 2.36. The maximum absolute atomic E-state index is 12.8. The van der Waals surface area contributed by atoms with Crippen LogP contribution < -0.4 is 9.47 Å². The minimum Gasteiger partial charge on any atom is -0.496 e. The molecule has 0 bridgehead atoms. The van der Waals surface area contributed by atoms with Crippen molar-refractivity contribution in [2.75, 3.05) is 14.2 Å². The summed E-state index contributed by atoms with van der Waals surface area (Å²) in [6.07, 6.45) is 2.25. The highest BCUT2D eigenvalue weighted by molar-refractivity contribution is 6.27. The minimum atomic E-state index is -1.04. The van der Waals surface area contributed by atoms with Gasteiger partial charge in [-0.05, 0) is 38.5 Å². The maximum atomic E-state index is 12.8. The first-order valence-electron chi connectivity index (χ1n) is 7.27. The Bertz CT molecular complexity index is 708. The first-order chi connectivity index (χ1) is 10.9. The summed E-state index contributed by atoms with van der Waals surface area (Å²) in [5.74, 6) is -0.181. The second kappa shape index (κ2) is 6.79. The molecule has 0 heterocycles. The Morgan fingerprint density at radius 1 is 1.13 bits per heavy atom. The summed E-state index contributed by atoms with van der Waals surface area (Å²) >= 11 is 0. The molecule has 1 aliphatic rings. The molecule has 0 radical (unpaired) electrons. The molecule has 5 heteroatoms. The van der Waals surface area contributed by atoms with E-state index in [-0.39, 0.29) is 28.9 Å². The van der Waals surface area contributed by atoms with Gasteiger partial charge in [-0.3, -0.25) is 9.59 Å². The van der Waals surface area contributed by atoms with Crippen molar-refractivity contribution < 1.29 is 24.2 Å². The van der Waals surface area contributed by atoms with E-state index >= 15 is 0 Å². The van der Waals surface area contributed by atoms with Crippen molar-refractivity contribution in [3.63, 3.8) is 0 Å². The molecule has 122 valence electrons. The lowest BCUT2D eigenvalue weighted by Gasteiger charge is -2.22. The van der Waals surface area contributed by atoms with Gasteiger partial charge in [0.15, 0.2) is 11.6 Å². The van der Waals surface area contributed by atoms with Gasteiger partial charge >= 0.3 is 0 Å². The predicted molar refractivity (Wildman–Crippen MR) is 86.3 cm³/mol. The van der Waals surface area contributed by atoms with E-state index in [2.05, 4.69) is 0 Å². The van der Waals surface area contributed by atoms with Crippen LogP contribution in [0.3, 0.4) is 0 Å². The van der Waals surface area contributed by atoms with Gasteiger partial charge in [0.2, 0.25) is 0 Å². The van der Waals surface area contributed by atoms with Crippen LogP contribution >= 0.6 is 0 Å². The first kappa shape index (κ1) is 17.0. The number of aliphatic hydroxyl groups excluding tert-OH is 1. The van der Waals surface area contributed by atoms with Gasteiger partial charge in [-0.25, -0.2) is 0 Å². The normalized spacial score (nSPS) is 14.7. The number of ketones is 2. The summed E-state index contributed by atoms with van der Waals surface area (Å²) in [4.78, 5) is 25.2. The molecule has 1 aromatic rings. The van der Waals surface area contributed by atoms with Gasteiger partial charge in [0.1, 0.15) is 11.5 Å². The zero-order chi connectivity index (χ0) is 17.1. The number of hydrogen-bond acceptors (Lipinski definition) is 5. The van der Waals surface area contributed by atoms with Gasteiger partial charge in [-0.15, -0.1) is 0 Å². The molecule has 1 aromatic carbocycles. The lowest BCUT2D eigenvalue weighted by Crippen LogP contribution is -2.26. The molecule has 0 aliphatic heterocycles. The monoisotopic (exact) mass is 316 g/mol. The molecule has 1 N–H and O–H groups in total. The van der Waals surface area contributed by atoms with Crippen LogP contribution in [0.2, 0.25) is 0 Å². The molecular formula is C18H20O5. The highest BCUT2D eigenvalue weighted by Gasteiger charge is 2.34. The Labute approximate surface area is 135 Å². The van der Waals surface area contributed by atoms with Crippen molar-refractivity contribution >= 4 is 11.6 Å². The summed E-state index contributed by atoms with van der Waals surface area (Å²) in [6, 6.07) is 3.16. The van der Waals surface area contributed by atoms with Crippen molar-refractivity contribution in [3.05, 3.63) is 46.6 Å². The van der Waals surface area contributed by atoms with E-state index in [0.717, 1.165) is 5.57 Å². The van der Waals surface area contributed by atoms with E-state index in [1.54, 1.807) is 12.1 Å². The van der Waals surface area contributed by atoms with Gasteiger partial charge in [0, 0.05) is 5.57 Å². The zero-order valence-corrected chi connectivity index (χ0v) is 13.7. The molecular weight excluding hydrogens is 296 g/mol. The number of allylic oxidation sites excluding steroid dienone is 2. The summed E-state index contributed by atoms with van der Waals surface area (Å²) in [7, 11) is 2.86. The van der Waals surface area contributed by atoms with Gasteiger partial charge < -0.3 is 14.6 Å².